The first-order valence-electron chi connectivity index (χ1n) is 7.11. The molecule has 23 heavy (non-hydrogen) atoms. The van der Waals surface area contributed by atoms with Crippen LogP contribution >= 0.6 is 0 Å². The third-order valence-corrected chi connectivity index (χ3v) is 4.72. The molecular weight excluding hydrogens is 318 g/mol. The maximum absolute atomic E-state index is 12.3. The molecule has 124 valence electrons. The molecular formula is C15H19N3O4S. The normalized spacial score (nSPS) is 13.2. The molecule has 0 saturated carbocycles. The van der Waals surface area contributed by atoms with Crippen molar-refractivity contribution >= 4 is 16.0 Å². The van der Waals surface area contributed by atoms with Crippen LogP contribution in [0.1, 0.15) is 19.4 Å². The van der Waals surface area contributed by atoms with Gasteiger partial charge < -0.3 is 5.11 Å². The van der Waals surface area contributed by atoms with Gasteiger partial charge in [0.25, 0.3) is 0 Å². The highest BCUT2D eigenvalue weighted by Crippen LogP contribution is 2.12. The van der Waals surface area contributed by atoms with Crippen molar-refractivity contribution in [1.82, 2.24) is 14.5 Å². The van der Waals surface area contributed by atoms with E-state index in [9.17, 15) is 13.2 Å². The Kier molecular flexibility index (Phi) is 5.17. The van der Waals surface area contributed by atoms with Gasteiger partial charge in [0.15, 0.2) is 0 Å². The van der Waals surface area contributed by atoms with E-state index in [4.69, 9.17) is 5.11 Å². The molecule has 0 aliphatic carbocycles. The topological polar surface area (TPSA) is 101 Å². The number of nitrogens with one attached hydrogen (secondary N) is 1. The maximum atomic E-state index is 12.3. The molecule has 0 aliphatic heterocycles. The van der Waals surface area contributed by atoms with Crippen molar-refractivity contribution < 1.29 is 18.3 Å². The Morgan fingerprint density at radius 1 is 1.30 bits per heavy atom. The fraction of sp³-hybridized carbons (Fsp3) is 0.333. The summed E-state index contributed by atoms with van der Waals surface area (Å²) in [7, 11) is -3.94. The lowest BCUT2D eigenvalue weighted by molar-refractivity contribution is -0.140. The molecule has 1 aromatic carbocycles. The van der Waals surface area contributed by atoms with Crippen molar-refractivity contribution in [2.75, 3.05) is 0 Å². The summed E-state index contributed by atoms with van der Waals surface area (Å²) in [5, 5.41) is 13.1. The molecule has 0 amide bonds. The minimum absolute atomic E-state index is 0.0552. The van der Waals surface area contributed by atoms with E-state index in [0.717, 1.165) is 5.56 Å². The van der Waals surface area contributed by atoms with E-state index in [2.05, 4.69) is 9.82 Å². The predicted molar refractivity (Wildman–Crippen MR) is 84.4 cm³/mol. The van der Waals surface area contributed by atoms with Crippen LogP contribution in [0.3, 0.4) is 0 Å². The second kappa shape index (κ2) is 6.93. The van der Waals surface area contributed by atoms with Gasteiger partial charge in [-0.2, -0.15) is 9.82 Å². The molecule has 2 rings (SSSR count). The molecule has 8 heteroatoms. The highest BCUT2D eigenvalue weighted by atomic mass is 32.2. The number of carboxylic acid groups (broad SMARTS) is 1. The van der Waals surface area contributed by atoms with E-state index in [-0.39, 0.29) is 10.8 Å². The highest BCUT2D eigenvalue weighted by Gasteiger charge is 2.28. The molecule has 1 aromatic heterocycles. The number of benzene rings is 1. The summed E-state index contributed by atoms with van der Waals surface area (Å²) in [6.45, 7) is 3.71. The number of hydrogen-bond acceptors (Lipinski definition) is 4. The van der Waals surface area contributed by atoms with E-state index < -0.39 is 22.0 Å². The van der Waals surface area contributed by atoms with Gasteiger partial charge >= 0.3 is 5.97 Å². The van der Waals surface area contributed by atoms with Gasteiger partial charge in [-0.05, 0) is 11.5 Å². The molecule has 0 spiro atoms. The van der Waals surface area contributed by atoms with Gasteiger partial charge in [0, 0.05) is 6.20 Å². The van der Waals surface area contributed by atoms with Crippen LogP contribution in [-0.2, 0) is 21.4 Å². The lowest BCUT2D eigenvalue weighted by atomic mass is 10.1. The van der Waals surface area contributed by atoms with Gasteiger partial charge in [0.05, 0.1) is 12.7 Å². The van der Waals surface area contributed by atoms with Crippen molar-refractivity contribution in [2.24, 2.45) is 5.92 Å². The quantitative estimate of drug-likeness (QED) is 0.793. The summed E-state index contributed by atoms with van der Waals surface area (Å²) >= 11 is 0. The van der Waals surface area contributed by atoms with Crippen LogP contribution in [-0.4, -0.2) is 35.3 Å². The zero-order chi connectivity index (χ0) is 17.0. The molecule has 0 unspecified atom stereocenters. The average molecular weight is 337 g/mol. The first-order chi connectivity index (χ1) is 10.8. The van der Waals surface area contributed by atoms with E-state index >= 15 is 0 Å². The van der Waals surface area contributed by atoms with E-state index in [0.29, 0.717) is 6.54 Å². The molecule has 2 N–H and O–H groups in total. The van der Waals surface area contributed by atoms with Gasteiger partial charge in [-0.25, -0.2) is 8.42 Å². The number of hydrogen-bond donors (Lipinski definition) is 2. The summed E-state index contributed by atoms with van der Waals surface area (Å²) in [5.41, 5.74) is 0.984. The van der Waals surface area contributed by atoms with Crippen LogP contribution in [0.4, 0.5) is 0 Å². The highest BCUT2D eigenvalue weighted by molar-refractivity contribution is 7.89. The molecule has 0 fully saturated rings. The van der Waals surface area contributed by atoms with Gasteiger partial charge in [-0.15, -0.1) is 0 Å². The van der Waals surface area contributed by atoms with Crippen LogP contribution in [0.5, 0.6) is 0 Å². The van der Waals surface area contributed by atoms with E-state index in [1.807, 2.05) is 30.3 Å². The number of nitrogens with zero attached hydrogens (tertiary/aromatic N) is 2. The third-order valence-electron chi connectivity index (χ3n) is 3.32. The predicted octanol–water partition coefficient (Wildman–Crippen LogP) is 1.32. The Labute approximate surface area is 135 Å². The summed E-state index contributed by atoms with van der Waals surface area (Å²) < 4.78 is 28.3. The van der Waals surface area contributed by atoms with Crippen LogP contribution in [0.15, 0.2) is 47.6 Å². The van der Waals surface area contributed by atoms with Crippen LogP contribution in [0.25, 0.3) is 0 Å². The summed E-state index contributed by atoms with van der Waals surface area (Å²) in [4.78, 5) is 11.1. The van der Waals surface area contributed by atoms with Crippen LogP contribution in [0.2, 0.25) is 0 Å². The minimum Gasteiger partial charge on any atom is -0.480 e. The molecule has 2 aromatic rings. The number of carboxylic acids is 1. The smallest absolute Gasteiger partial charge is 0.322 e. The van der Waals surface area contributed by atoms with E-state index in [1.54, 1.807) is 13.8 Å². The second-order valence-electron chi connectivity index (χ2n) is 5.54. The number of sulfonamides is 1. The van der Waals surface area contributed by atoms with Crippen molar-refractivity contribution in [3.05, 3.63) is 48.3 Å². The average Bonchev–Trinajstić information content (AvgIpc) is 2.95. The lowest BCUT2D eigenvalue weighted by Gasteiger charge is -2.17. The number of aromatic nitrogens is 2. The SMILES string of the molecule is CC(C)[C@@H](NS(=O)(=O)c1cnn(Cc2ccccc2)c1)C(=O)O. The lowest BCUT2D eigenvalue weighted by Crippen LogP contribution is -2.44. The van der Waals surface area contributed by atoms with Crippen LogP contribution < -0.4 is 4.72 Å². The summed E-state index contributed by atoms with van der Waals surface area (Å²) in [6, 6.07) is 8.30. The maximum Gasteiger partial charge on any atom is 0.322 e. The molecule has 7 nitrogen and oxygen atoms in total. The standard InChI is InChI=1S/C15H19N3O4S/c1-11(2)14(15(19)20)17-23(21,22)13-8-16-18(10-13)9-12-6-4-3-5-7-12/h3-8,10-11,14,17H,9H2,1-2H3,(H,19,20)/t14-/m1/s1. The van der Waals surface area contributed by atoms with Crippen molar-refractivity contribution in [3.63, 3.8) is 0 Å². The fourth-order valence-corrected chi connectivity index (χ4v) is 3.34. The van der Waals surface area contributed by atoms with Gasteiger partial charge in [0.1, 0.15) is 10.9 Å². The zero-order valence-electron chi connectivity index (χ0n) is 12.9. The molecule has 0 saturated heterocycles. The number of aliphatic carboxylic acids is 1. The zero-order valence-corrected chi connectivity index (χ0v) is 13.7. The van der Waals surface area contributed by atoms with Crippen molar-refractivity contribution in [2.45, 2.75) is 31.3 Å². The Balaban J connectivity index is 2.16. The number of carbonyl (C=O) groups is 1. The second-order valence-corrected chi connectivity index (χ2v) is 7.25. The molecule has 1 heterocycles. The Bertz CT molecular complexity index is 769. The van der Waals surface area contributed by atoms with Gasteiger partial charge in [-0.1, -0.05) is 44.2 Å². The first kappa shape index (κ1) is 17.2. The summed E-state index contributed by atoms with van der Waals surface area (Å²) in [5.74, 6) is -1.58. The largest absolute Gasteiger partial charge is 0.480 e. The molecule has 0 aliphatic rings. The number of rotatable bonds is 7. The van der Waals surface area contributed by atoms with E-state index in [1.165, 1.54) is 17.1 Å². The van der Waals surface area contributed by atoms with Gasteiger partial charge in [0.2, 0.25) is 10.0 Å². The molecule has 0 radical (unpaired) electrons. The van der Waals surface area contributed by atoms with Gasteiger partial charge in [-0.3, -0.25) is 9.48 Å². The van der Waals surface area contributed by atoms with Crippen molar-refractivity contribution in [3.8, 4) is 0 Å². The van der Waals surface area contributed by atoms with Crippen molar-refractivity contribution in [1.29, 1.82) is 0 Å². The Morgan fingerprint density at radius 3 is 2.52 bits per heavy atom. The molecule has 0 bridgehead atoms. The first-order valence-corrected chi connectivity index (χ1v) is 8.59. The van der Waals surface area contributed by atoms with Crippen LogP contribution in [0, 0.1) is 5.92 Å². The monoisotopic (exact) mass is 337 g/mol. The Hall–Kier alpha value is -2.19. The molecule has 1 atom stereocenters. The summed E-state index contributed by atoms with van der Waals surface area (Å²) in [6.07, 6.45) is 2.60. The Morgan fingerprint density at radius 2 is 1.96 bits per heavy atom. The fourth-order valence-electron chi connectivity index (χ4n) is 2.05. The minimum atomic E-state index is -3.94. The third kappa shape index (κ3) is 4.40.